The first-order valence-corrected chi connectivity index (χ1v) is 22.4. The summed E-state index contributed by atoms with van der Waals surface area (Å²) in [6, 6.07) is 9.56. The SMILES string of the molecule is CC(=O)c1c(C)c2cnc(Nc3ccc(N4CCN(CC(=O)NCCOCCOCCNc5ccc(C)c(C(=O)Nc6nc(C)c(C)s6)c5)CC4)cn3)nc2n(C2CCCC2)c1=O. The molecule has 334 valence electrons. The number of amides is 2. The molecule has 2 amide bonds. The van der Waals surface area contributed by atoms with E-state index in [0.717, 1.165) is 79.4 Å². The van der Waals surface area contributed by atoms with Crippen LogP contribution < -0.4 is 31.7 Å². The van der Waals surface area contributed by atoms with E-state index in [2.05, 4.69) is 46.0 Å². The predicted molar refractivity (Wildman–Crippen MR) is 246 cm³/mol. The summed E-state index contributed by atoms with van der Waals surface area (Å²) in [5.41, 5.74) is 5.26. The number of nitrogens with zero attached hydrogens (tertiary/aromatic N) is 7. The van der Waals surface area contributed by atoms with Crippen molar-refractivity contribution in [3.63, 3.8) is 0 Å². The largest absolute Gasteiger partial charge is 0.383 e. The zero-order valence-corrected chi connectivity index (χ0v) is 37.5. The molecule has 0 bridgehead atoms. The van der Waals surface area contributed by atoms with Crippen molar-refractivity contribution in [1.82, 2.24) is 34.7 Å². The van der Waals surface area contributed by atoms with Crippen molar-refractivity contribution in [3.05, 3.63) is 85.9 Å². The van der Waals surface area contributed by atoms with Gasteiger partial charge in [0.1, 0.15) is 11.5 Å². The predicted octanol–water partition coefficient (Wildman–Crippen LogP) is 5.57. The second kappa shape index (κ2) is 21.0. The van der Waals surface area contributed by atoms with Crippen LogP contribution in [0.2, 0.25) is 0 Å². The first-order valence-electron chi connectivity index (χ1n) is 21.6. The second-order valence-electron chi connectivity index (χ2n) is 16.0. The lowest BCUT2D eigenvalue weighted by Gasteiger charge is -2.35. The van der Waals surface area contributed by atoms with Crippen LogP contribution in [-0.2, 0) is 14.3 Å². The molecule has 5 aromatic rings. The lowest BCUT2D eigenvalue weighted by molar-refractivity contribution is -0.122. The highest BCUT2D eigenvalue weighted by Crippen LogP contribution is 2.32. The average Bonchev–Trinajstić information content (AvgIpc) is 3.91. The number of aryl methyl sites for hydroxylation is 4. The Balaban J connectivity index is 0.765. The Morgan fingerprint density at radius 1 is 0.873 bits per heavy atom. The maximum Gasteiger partial charge on any atom is 0.263 e. The molecule has 1 aliphatic carbocycles. The molecule has 5 heterocycles. The third kappa shape index (κ3) is 11.4. The molecule has 0 spiro atoms. The molecule has 1 aromatic carbocycles. The number of benzene rings is 1. The van der Waals surface area contributed by atoms with Crippen LogP contribution in [0.4, 0.5) is 28.3 Å². The number of nitrogens with one attached hydrogen (secondary N) is 4. The van der Waals surface area contributed by atoms with E-state index in [1.54, 1.807) is 17.7 Å². The zero-order valence-electron chi connectivity index (χ0n) is 36.7. The van der Waals surface area contributed by atoms with Crippen molar-refractivity contribution >= 4 is 68.2 Å². The molecule has 4 aromatic heterocycles. The van der Waals surface area contributed by atoms with Crippen LogP contribution in [0, 0.1) is 27.7 Å². The summed E-state index contributed by atoms with van der Waals surface area (Å²) in [5.74, 6) is 0.420. The van der Waals surface area contributed by atoms with Crippen LogP contribution >= 0.6 is 11.3 Å². The van der Waals surface area contributed by atoms with E-state index in [4.69, 9.17) is 14.5 Å². The maximum absolute atomic E-state index is 13.6. The quantitative estimate of drug-likeness (QED) is 0.0593. The number of ether oxygens (including phenoxy) is 2. The van der Waals surface area contributed by atoms with Crippen LogP contribution in [0.3, 0.4) is 0 Å². The van der Waals surface area contributed by atoms with Gasteiger partial charge in [-0.2, -0.15) is 4.98 Å². The Labute approximate surface area is 371 Å². The second-order valence-corrected chi connectivity index (χ2v) is 17.2. The highest BCUT2D eigenvalue weighted by atomic mass is 32.1. The van der Waals surface area contributed by atoms with Crippen LogP contribution in [0.25, 0.3) is 11.0 Å². The number of piperazine rings is 1. The number of hydrogen-bond donors (Lipinski definition) is 4. The van der Waals surface area contributed by atoms with E-state index in [-0.39, 0.29) is 34.8 Å². The smallest absolute Gasteiger partial charge is 0.263 e. The number of pyridine rings is 2. The Hall–Kier alpha value is -5.82. The fourth-order valence-electron chi connectivity index (χ4n) is 8.01. The number of hydrogen-bond acceptors (Lipinski definition) is 15. The fourth-order valence-corrected chi connectivity index (χ4v) is 8.82. The zero-order chi connectivity index (χ0) is 44.5. The van der Waals surface area contributed by atoms with Gasteiger partial charge >= 0.3 is 0 Å². The molecule has 1 aliphatic heterocycles. The number of anilines is 5. The Kier molecular flexibility index (Phi) is 15.1. The normalized spacial score (nSPS) is 14.6. The Morgan fingerprint density at radius 3 is 2.30 bits per heavy atom. The minimum Gasteiger partial charge on any atom is -0.383 e. The molecule has 17 nitrogen and oxygen atoms in total. The Bertz CT molecular complexity index is 2460. The summed E-state index contributed by atoms with van der Waals surface area (Å²) in [6.07, 6.45) is 7.30. The molecule has 18 heteroatoms. The topological polar surface area (TPSA) is 198 Å². The third-order valence-electron chi connectivity index (χ3n) is 11.6. The van der Waals surface area contributed by atoms with Gasteiger partial charge in [-0.15, -0.1) is 11.3 Å². The van der Waals surface area contributed by atoms with Gasteiger partial charge in [0.25, 0.3) is 11.5 Å². The van der Waals surface area contributed by atoms with E-state index in [9.17, 15) is 19.2 Å². The van der Waals surface area contributed by atoms with Gasteiger partial charge in [0.15, 0.2) is 10.9 Å². The molecule has 4 N–H and O–H groups in total. The lowest BCUT2D eigenvalue weighted by atomic mass is 10.0. The Morgan fingerprint density at radius 2 is 1.62 bits per heavy atom. The molecule has 63 heavy (non-hydrogen) atoms. The first-order chi connectivity index (χ1) is 30.4. The summed E-state index contributed by atoms with van der Waals surface area (Å²) >= 11 is 1.46. The van der Waals surface area contributed by atoms with Crippen LogP contribution in [0.5, 0.6) is 0 Å². The van der Waals surface area contributed by atoms with E-state index >= 15 is 0 Å². The van der Waals surface area contributed by atoms with E-state index in [1.165, 1.54) is 18.3 Å². The summed E-state index contributed by atoms with van der Waals surface area (Å²) < 4.78 is 13.0. The summed E-state index contributed by atoms with van der Waals surface area (Å²) in [7, 11) is 0. The van der Waals surface area contributed by atoms with Crippen molar-refractivity contribution < 1.29 is 23.9 Å². The summed E-state index contributed by atoms with van der Waals surface area (Å²) in [5, 5.41) is 13.6. The van der Waals surface area contributed by atoms with Crippen molar-refractivity contribution in [2.45, 2.75) is 66.3 Å². The highest BCUT2D eigenvalue weighted by molar-refractivity contribution is 7.15. The summed E-state index contributed by atoms with van der Waals surface area (Å²) in [6.45, 7) is 15.0. The van der Waals surface area contributed by atoms with E-state index in [1.807, 2.05) is 57.3 Å². The molecule has 2 aliphatic rings. The minimum atomic E-state index is -0.283. The molecular formula is C45H57N11O6S. The van der Waals surface area contributed by atoms with Crippen LogP contribution in [0.1, 0.15) is 81.1 Å². The van der Waals surface area contributed by atoms with Gasteiger partial charge in [0.05, 0.1) is 56.1 Å². The molecule has 1 saturated carbocycles. The number of fused-ring (bicyclic) bond motifs is 1. The monoisotopic (exact) mass is 879 g/mol. The molecule has 1 saturated heterocycles. The van der Waals surface area contributed by atoms with Gasteiger partial charge in [-0.1, -0.05) is 18.9 Å². The number of carbonyl (C=O) groups is 3. The standard InChI is InChI=1S/C45H57N11O6S/c1-28-10-11-33(24-36(28)42(59)53-45-50-30(3)32(5)63-45)46-14-20-61-22-23-62-21-15-47-39(58)27-54-16-18-55(19-17-54)35-12-13-38(48-25-35)51-44-49-26-37-29(2)40(31(4)57)43(60)56(41(37)52-44)34-8-6-7-9-34/h10-13,24-26,34,46H,6-9,14-23,27H2,1-5H3,(H,47,58)(H,50,53,59)(H,48,49,51,52). The number of rotatable bonds is 19. The molecule has 0 radical (unpaired) electrons. The maximum atomic E-state index is 13.6. The van der Waals surface area contributed by atoms with Gasteiger partial charge in [0.2, 0.25) is 11.9 Å². The fraction of sp³-hybridized carbons (Fsp3) is 0.467. The third-order valence-corrected chi connectivity index (χ3v) is 12.6. The van der Waals surface area contributed by atoms with Gasteiger partial charge in [-0.25, -0.2) is 15.0 Å². The van der Waals surface area contributed by atoms with Crippen LogP contribution in [0.15, 0.2) is 47.5 Å². The van der Waals surface area contributed by atoms with E-state index < -0.39 is 0 Å². The number of ketones is 1. The minimum absolute atomic E-state index is 0.00110. The number of carbonyl (C=O) groups excluding carboxylic acids is 3. The number of thiazole rings is 1. The van der Waals surface area contributed by atoms with E-state index in [0.29, 0.717) is 85.1 Å². The number of Topliss-reactive ketones (excluding diaryl/α,β-unsaturated/α-hetero) is 1. The van der Waals surface area contributed by atoms with Crippen molar-refractivity contribution in [2.24, 2.45) is 0 Å². The van der Waals surface area contributed by atoms with Crippen LogP contribution in [-0.4, -0.2) is 119 Å². The van der Waals surface area contributed by atoms with Gasteiger partial charge in [-0.05, 0) is 82.9 Å². The first kappa shape index (κ1) is 45.2. The van der Waals surface area contributed by atoms with Gasteiger partial charge in [0, 0.05) is 73.0 Å². The van der Waals surface area contributed by atoms with Crippen molar-refractivity contribution in [1.29, 1.82) is 0 Å². The summed E-state index contributed by atoms with van der Waals surface area (Å²) in [4.78, 5) is 75.3. The molecule has 0 unspecified atom stereocenters. The molecule has 0 atom stereocenters. The van der Waals surface area contributed by atoms with Crippen molar-refractivity contribution in [3.8, 4) is 0 Å². The molecule has 2 fully saturated rings. The molecule has 7 rings (SSSR count). The van der Waals surface area contributed by atoms with Crippen molar-refractivity contribution in [2.75, 3.05) is 93.1 Å². The average molecular weight is 880 g/mol. The lowest BCUT2D eigenvalue weighted by Crippen LogP contribution is -2.49. The molecular weight excluding hydrogens is 823 g/mol. The highest BCUT2D eigenvalue weighted by Gasteiger charge is 2.26. The van der Waals surface area contributed by atoms with Gasteiger partial charge < -0.3 is 30.3 Å². The number of aromatic nitrogens is 5. The van der Waals surface area contributed by atoms with Gasteiger partial charge in [-0.3, -0.25) is 34.0 Å².